The number of hydrogen-bond donors (Lipinski definition) is 11. The first-order valence-electron chi connectivity index (χ1n) is 20.6. The number of amides is 4. The van der Waals surface area contributed by atoms with E-state index in [4.69, 9.17) is 9.37 Å². The maximum atomic E-state index is 14.4. The molecule has 1 aromatic heterocycles. The monoisotopic (exact) mass is 950 g/mol. The number of benzene rings is 4. The van der Waals surface area contributed by atoms with Gasteiger partial charge in [-0.1, -0.05) is 72.8 Å². The number of phosphoric acid groups is 1. The number of aromatic nitrogens is 2. The maximum absolute atomic E-state index is 14.4. The average Bonchev–Trinajstić information content (AvgIpc) is 3.80. The van der Waals surface area contributed by atoms with Crippen LogP contribution in [0.2, 0.25) is 0 Å². The van der Waals surface area contributed by atoms with E-state index >= 15 is 0 Å². The first kappa shape index (κ1) is 49.5. The van der Waals surface area contributed by atoms with Gasteiger partial charge in [0, 0.05) is 38.3 Å². The minimum absolute atomic E-state index is 0.0186. The molecule has 2 heterocycles. The molecule has 0 spiro atoms. The fraction of sp³-hybridized carbons (Fsp3) is 0.333. The second kappa shape index (κ2) is 22.5. The summed E-state index contributed by atoms with van der Waals surface area (Å²) in [4.78, 5) is 85.4. The molecule has 8 atom stereocenters. The summed E-state index contributed by atoms with van der Waals surface area (Å²) < 4.78 is 25.9. The molecule has 0 saturated carbocycles. The minimum Gasteiger partial charge on any atom is -0.404 e. The van der Waals surface area contributed by atoms with Gasteiger partial charge in [0.05, 0.1) is 17.2 Å². The molecule has 0 bridgehead atoms. The third kappa shape index (κ3) is 13.6. The Morgan fingerprint density at radius 2 is 1.27 bits per heavy atom. The van der Waals surface area contributed by atoms with E-state index in [2.05, 4.69) is 41.4 Å². The lowest BCUT2D eigenvalue weighted by atomic mass is 9.96. The number of carbonyl (C=O) groups excluding carboxylic acids is 4. The van der Waals surface area contributed by atoms with E-state index in [-0.39, 0.29) is 54.7 Å². The quantitative estimate of drug-likeness (QED) is 0.0251. The predicted octanol–water partition coefficient (Wildman–Crippen LogP) is -0.497. The summed E-state index contributed by atoms with van der Waals surface area (Å²) in [6.45, 7) is -0.789. The van der Waals surface area contributed by atoms with Crippen molar-refractivity contribution >= 4 is 53.9 Å². The lowest BCUT2D eigenvalue weighted by Gasteiger charge is -2.40. The molecule has 356 valence electrons. The second-order valence-corrected chi connectivity index (χ2v) is 16.5. The number of ether oxygens (including phenoxy) is 1. The van der Waals surface area contributed by atoms with Crippen molar-refractivity contribution in [3.8, 4) is 5.75 Å². The normalized spacial score (nSPS) is 19.6. The number of non-ortho nitro benzene ring substituents is 1. The number of aliphatic hydroxyl groups is 4. The highest BCUT2D eigenvalue weighted by Gasteiger charge is 2.45. The van der Waals surface area contributed by atoms with Gasteiger partial charge in [-0.25, -0.2) is 9.19 Å². The minimum atomic E-state index is -4.92. The number of hydrogen-bond acceptors (Lipinski definition) is 17. The van der Waals surface area contributed by atoms with E-state index in [9.17, 15) is 64.1 Å². The zero-order valence-corrected chi connectivity index (χ0v) is 36.0. The fourth-order valence-electron chi connectivity index (χ4n) is 7.17. The van der Waals surface area contributed by atoms with Crippen LogP contribution in [0.25, 0.3) is 11.0 Å². The van der Waals surface area contributed by atoms with Gasteiger partial charge in [0.2, 0.25) is 29.1 Å². The summed E-state index contributed by atoms with van der Waals surface area (Å²) in [5, 5.41) is 73.5. The van der Waals surface area contributed by atoms with E-state index in [1.165, 1.54) is 36.4 Å². The Balaban J connectivity index is 1.22. The molecular weight excluding hydrogens is 903 g/mol. The van der Waals surface area contributed by atoms with Crippen LogP contribution < -0.4 is 31.1 Å². The van der Waals surface area contributed by atoms with Crippen LogP contribution in [0.1, 0.15) is 23.1 Å². The number of aliphatic hydroxyl groups excluding tert-OH is 4. The van der Waals surface area contributed by atoms with Crippen molar-refractivity contribution in [1.29, 1.82) is 0 Å². The molecule has 0 radical (unpaired) electrons. The van der Waals surface area contributed by atoms with Crippen molar-refractivity contribution in [2.24, 2.45) is 0 Å². The molecule has 1 saturated heterocycles. The van der Waals surface area contributed by atoms with Crippen LogP contribution in [0.3, 0.4) is 0 Å². The number of rotatable bonds is 21. The van der Waals surface area contributed by atoms with Crippen molar-refractivity contribution in [3.05, 3.63) is 124 Å². The standard InChI is InChI=1S/C42H47N8O16P/c51-22-32-37(53)38(54)36(42(58)64-32)47-41(57)30(21-25-11-13-26(14-12-25)65-67(61,62)63)46-40(56)29(20-24-9-5-2-6-10-24)45-39(55)28(19-23-7-3-1-4-8-23)44-33(52)17-18-43-27-15-16-31(50(59)60)35-34(27)48-66-49-35/h1-16,28-30,32,36-38,42-43,51,53-54,58H,17-22H2,(H,44,52)(H,45,55)(H,46,56)(H,47,57)(H2,61,62,63)/t28?,29?,30?,32-,36?,37?,38-,42-/m1/s1. The number of anilines is 1. The van der Waals surface area contributed by atoms with E-state index in [1.54, 1.807) is 60.7 Å². The number of phosphoric ester groups is 1. The van der Waals surface area contributed by atoms with Gasteiger partial charge in [-0.05, 0) is 45.2 Å². The Hall–Kier alpha value is -6.89. The first-order valence-corrected chi connectivity index (χ1v) is 22.1. The van der Waals surface area contributed by atoms with Crippen LogP contribution in [0.15, 0.2) is 102 Å². The number of nitro benzene ring substituents is 1. The molecule has 1 fully saturated rings. The molecule has 24 nitrogen and oxygen atoms in total. The molecule has 5 aromatic rings. The molecule has 11 N–H and O–H groups in total. The average molecular weight is 951 g/mol. The number of fused-ring (bicyclic) bond motifs is 1. The lowest BCUT2D eigenvalue weighted by molar-refractivity contribution is -0.383. The van der Waals surface area contributed by atoms with Crippen molar-refractivity contribution < 1.29 is 72.8 Å². The predicted molar refractivity (Wildman–Crippen MR) is 232 cm³/mol. The molecule has 4 amide bonds. The zero-order valence-electron chi connectivity index (χ0n) is 35.2. The van der Waals surface area contributed by atoms with E-state index in [1.807, 2.05) is 0 Å². The number of nitrogens with one attached hydrogen (secondary N) is 5. The summed E-state index contributed by atoms with van der Waals surface area (Å²) in [5.41, 5.74) is 1.49. The second-order valence-electron chi connectivity index (χ2n) is 15.3. The van der Waals surface area contributed by atoms with Crippen LogP contribution in [0.4, 0.5) is 11.4 Å². The first-order chi connectivity index (χ1) is 32.0. The van der Waals surface area contributed by atoms with Gasteiger partial charge < -0.3 is 56.3 Å². The summed E-state index contributed by atoms with van der Waals surface area (Å²) in [6.07, 6.45) is -7.55. The molecule has 4 aromatic carbocycles. The summed E-state index contributed by atoms with van der Waals surface area (Å²) >= 11 is 0. The number of carbonyl (C=O) groups is 4. The van der Waals surface area contributed by atoms with Gasteiger partial charge in [0.25, 0.3) is 0 Å². The van der Waals surface area contributed by atoms with Crippen LogP contribution in [0, 0.1) is 10.1 Å². The van der Waals surface area contributed by atoms with Gasteiger partial charge in [0.1, 0.15) is 48.2 Å². The summed E-state index contributed by atoms with van der Waals surface area (Å²) in [7, 11) is -4.92. The van der Waals surface area contributed by atoms with Crippen LogP contribution in [-0.2, 0) is 47.7 Å². The van der Waals surface area contributed by atoms with E-state index < -0.39 is 91.8 Å². The molecule has 5 unspecified atom stereocenters. The molecule has 67 heavy (non-hydrogen) atoms. The SMILES string of the molecule is O=C(CCNc1ccc([N+](=O)[O-])c2nonc12)NC(Cc1ccccc1)C(=O)NC(Cc1ccccc1)C(=O)NC(Cc1ccc(OP(=O)(O)O)cc1)C(=O)NC1[C@@H](O)C(O)[C@@H](CO)O[C@H]1O. The van der Waals surface area contributed by atoms with Crippen LogP contribution in [0.5, 0.6) is 5.75 Å². The van der Waals surface area contributed by atoms with Crippen molar-refractivity contribution in [1.82, 2.24) is 31.6 Å². The summed E-state index contributed by atoms with van der Waals surface area (Å²) in [5.74, 6) is -3.50. The Bertz CT molecular complexity index is 2550. The van der Waals surface area contributed by atoms with Gasteiger partial charge in [-0.3, -0.25) is 39.1 Å². The Kier molecular flexibility index (Phi) is 16.7. The topological polar surface area (TPSA) is 367 Å². The van der Waals surface area contributed by atoms with Crippen molar-refractivity contribution in [3.63, 3.8) is 0 Å². The Morgan fingerprint density at radius 3 is 1.82 bits per heavy atom. The summed E-state index contributed by atoms with van der Waals surface area (Å²) in [6, 6.07) is 19.0. The third-order valence-corrected chi connectivity index (χ3v) is 11.0. The van der Waals surface area contributed by atoms with Crippen molar-refractivity contribution in [2.75, 3.05) is 18.5 Å². The number of nitro groups is 1. The largest absolute Gasteiger partial charge is 0.524 e. The van der Waals surface area contributed by atoms with Crippen LogP contribution >= 0.6 is 7.82 Å². The molecule has 1 aliphatic heterocycles. The highest BCUT2D eigenvalue weighted by atomic mass is 31.2. The zero-order chi connectivity index (χ0) is 48.3. The Morgan fingerprint density at radius 1 is 0.731 bits per heavy atom. The highest BCUT2D eigenvalue weighted by molar-refractivity contribution is 7.46. The molecular formula is C42H47N8O16P. The lowest BCUT2D eigenvalue weighted by Crippen LogP contribution is -2.66. The number of nitrogens with zero attached hydrogens (tertiary/aromatic N) is 3. The fourth-order valence-corrected chi connectivity index (χ4v) is 7.57. The highest BCUT2D eigenvalue weighted by Crippen LogP contribution is 2.37. The molecule has 25 heteroatoms. The Labute approximate surface area is 380 Å². The maximum Gasteiger partial charge on any atom is 0.524 e. The van der Waals surface area contributed by atoms with Gasteiger partial charge in [-0.2, -0.15) is 0 Å². The third-order valence-electron chi connectivity index (χ3n) is 10.5. The van der Waals surface area contributed by atoms with E-state index in [0.29, 0.717) is 22.4 Å². The molecule has 0 aliphatic carbocycles. The molecule has 1 aliphatic rings. The van der Waals surface area contributed by atoms with E-state index in [0.717, 1.165) is 0 Å². The molecule has 6 rings (SSSR count). The van der Waals surface area contributed by atoms with Crippen molar-refractivity contribution in [2.45, 2.75) is 74.5 Å². The van der Waals surface area contributed by atoms with Gasteiger partial charge >= 0.3 is 13.5 Å². The van der Waals surface area contributed by atoms with Crippen LogP contribution in [-0.4, -0.2) is 131 Å². The van der Waals surface area contributed by atoms with Gasteiger partial charge in [0.15, 0.2) is 11.8 Å². The van der Waals surface area contributed by atoms with Gasteiger partial charge in [-0.15, -0.1) is 0 Å². The smallest absolute Gasteiger partial charge is 0.404 e.